The summed E-state index contributed by atoms with van der Waals surface area (Å²) in [6.07, 6.45) is 4.78. The number of ether oxygens (including phenoxy) is 1. The van der Waals surface area contributed by atoms with E-state index in [4.69, 9.17) is 9.57 Å². The van der Waals surface area contributed by atoms with E-state index in [0.717, 1.165) is 40.0 Å². The van der Waals surface area contributed by atoms with Crippen molar-refractivity contribution in [2.24, 2.45) is 5.92 Å². The molecule has 3 aromatic rings. The van der Waals surface area contributed by atoms with Crippen molar-refractivity contribution in [3.63, 3.8) is 0 Å². The van der Waals surface area contributed by atoms with Gasteiger partial charge in [-0.25, -0.2) is 4.79 Å². The maximum atomic E-state index is 11.7. The van der Waals surface area contributed by atoms with E-state index in [1.165, 1.54) is 38.4 Å². The van der Waals surface area contributed by atoms with Crippen LogP contribution in [0.5, 0.6) is 5.75 Å². The van der Waals surface area contributed by atoms with Gasteiger partial charge in [-0.3, -0.25) is 4.90 Å². The molecule has 0 atom stereocenters. The van der Waals surface area contributed by atoms with Gasteiger partial charge in [-0.1, -0.05) is 35.9 Å². The number of carbonyl (C=O) groups excluding carboxylic acids is 1. The second-order valence-electron chi connectivity index (χ2n) is 7.69. The van der Waals surface area contributed by atoms with Crippen LogP contribution in [0.25, 0.3) is 21.8 Å². The number of aromatic nitrogens is 1. The topological polar surface area (TPSA) is 43.7 Å². The van der Waals surface area contributed by atoms with Crippen LogP contribution in [0.2, 0.25) is 0 Å². The number of carbonyl (C=O) groups is 1. The molecule has 3 aliphatic rings. The molecule has 0 saturated carbocycles. The highest BCUT2D eigenvalue weighted by atomic mass is 35.5. The molecule has 1 aromatic heterocycles. The van der Waals surface area contributed by atoms with E-state index in [1.54, 1.807) is 4.73 Å². The number of fused-ring (bicyclic) bond motifs is 6. The number of nitrogens with zero attached hydrogens (tertiary/aromatic N) is 2. The molecule has 3 aliphatic heterocycles. The minimum atomic E-state index is -0.355. The number of hydrogen-bond acceptors (Lipinski definition) is 4. The van der Waals surface area contributed by atoms with Crippen LogP contribution in [-0.2, 0) is 4.79 Å². The zero-order chi connectivity index (χ0) is 19.1. The van der Waals surface area contributed by atoms with Crippen LogP contribution in [0.4, 0.5) is 0 Å². The molecule has 2 bridgehead atoms. The van der Waals surface area contributed by atoms with Gasteiger partial charge in [0.2, 0.25) is 0 Å². The molecule has 6 rings (SSSR count). The predicted octanol–water partition coefficient (Wildman–Crippen LogP) is 4.22. The van der Waals surface area contributed by atoms with E-state index in [0.29, 0.717) is 6.61 Å². The summed E-state index contributed by atoms with van der Waals surface area (Å²) in [5, 5.41) is 2.06. The zero-order valence-electron chi connectivity index (χ0n) is 16.5. The summed E-state index contributed by atoms with van der Waals surface area (Å²) in [4.78, 5) is 19.8. The molecular formula is C23H25ClN2O3. The van der Waals surface area contributed by atoms with Crippen molar-refractivity contribution in [1.82, 2.24) is 9.63 Å². The van der Waals surface area contributed by atoms with Gasteiger partial charge in [-0.05, 0) is 50.1 Å². The number of rotatable bonds is 4. The number of piperidine rings is 3. The van der Waals surface area contributed by atoms with Gasteiger partial charge in [0.25, 0.3) is 0 Å². The molecule has 0 spiro atoms. The van der Waals surface area contributed by atoms with E-state index in [1.807, 2.05) is 42.5 Å². The Morgan fingerprint density at radius 3 is 2.59 bits per heavy atom. The van der Waals surface area contributed by atoms with E-state index in [-0.39, 0.29) is 18.4 Å². The van der Waals surface area contributed by atoms with Crippen molar-refractivity contribution < 1.29 is 14.4 Å². The lowest BCUT2D eigenvalue weighted by atomic mass is 9.84. The minimum Gasteiger partial charge on any atom is -0.487 e. The first-order valence-corrected chi connectivity index (χ1v) is 9.96. The molecule has 5 nitrogen and oxygen atoms in total. The molecule has 3 saturated heterocycles. The third kappa shape index (κ3) is 3.61. The summed E-state index contributed by atoms with van der Waals surface area (Å²) >= 11 is 0. The molecule has 3 fully saturated rings. The first kappa shape index (κ1) is 19.8. The molecule has 0 unspecified atom stereocenters. The summed E-state index contributed by atoms with van der Waals surface area (Å²) < 4.78 is 7.78. The van der Waals surface area contributed by atoms with Crippen molar-refractivity contribution in [2.45, 2.75) is 19.8 Å². The summed E-state index contributed by atoms with van der Waals surface area (Å²) in [6, 6.07) is 13.9. The molecule has 0 aliphatic carbocycles. The van der Waals surface area contributed by atoms with Crippen LogP contribution < -0.4 is 9.57 Å². The number of para-hydroxylation sites is 2. The van der Waals surface area contributed by atoms with Crippen molar-refractivity contribution in [2.75, 3.05) is 26.2 Å². The van der Waals surface area contributed by atoms with Gasteiger partial charge in [0.05, 0.1) is 5.52 Å². The Hall–Kier alpha value is -2.50. The molecule has 152 valence electrons. The fourth-order valence-corrected chi connectivity index (χ4v) is 4.61. The van der Waals surface area contributed by atoms with Crippen LogP contribution in [0.3, 0.4) is 0 Å². The second kappa shape index (κ2) is 8.09. The summed E-state index contributed by atoms with van der Waals surface area (Å²) in [5.74, 6) is 1.09. The zero-order valence-corrected chi connectivity index (χ0v) is 17.3. The van der Waals surface area contributed by atoms with Gasteiger partial charge < -0.3 is 9.57 Å². The van der Waals surface area contributed by atoms with Crippen LogP contribution >= 0.6 is 12.4 Å². The smallest absolute Gasteiger partial charge is 0.329 e. The fraction of sp³-hybridized carbons (Fsp3) is 0.348. The molecule has 6 heteroatoms. The summed E-state index contributed by atoms with van der Waals surface area (Å²) in [6.45, 7) is 5.48. The van der Waals surface area contributed by atoms with Crippen molar-refractivity contribution >= 4 is 40.2 Å². The second-order valence-corrected chi connectivity index (χ2v) is 7.69. The molecule has 0 radical (unpaired) electrons. The maximum absolute atomic E-state index is 11.7. The average Bonchev–Trinajstić information content (AvgIpc) is 3.03. The molecule has 0 N–H and O–H groups in total. The van der Waals surface area contributed by atoms with Crippen molar-refractivity contribution in [3.8, 4) is 5.75 Å². The standard InChI is InChI=1S/C23H24N2O3.ClH/c1-16(26)28-25-21-7-3-2-5-19(21)20-6-4-8-22(23(20)25)27-14-11-18-15-24-12-9-17(18)10-13-24;/h2-8,11,17H,9-10,12-15H2,1H3;1H. The van der Waals surface area contributed by atoms with E-state index < -0.39 is 0 Å². The Morgan fingerprint density at radius 1 is 1.10 bits per heavy atom. The van der Waals surface area contributed by atoms with Crippen LogP contribution in [-0.4, -0.2) is 41.8 Å². The highest BCUT2D eigenvalue weighted by Crippen LogP contribution is 2.35. The van der Waals surface area contributed by atoms with Crippen LogP contribution in [0.15, 0.2) is 54.1 Å². The van der Waals surface area contributed by atoms with Gasteiger partial charge in [0.1, 0.15) is 17.9 Å². The summed E-state index contributed by atoms with van der Waals surface area (Å²) in [7, 11) is 0. The van der Waals surface area contributed by atoms with E-state index >= 15 is 0 Å². The monoisotopic (exact) mass is 412 g/mol. The van der Waals surface area contributed by atoms with Gasteiger partial charge in [0, 0.05) is 24.2 Å². The molecule has 4 heterocycles. The molecular weight excluding hydrogens is 388 g/mol. The van der Waals surface area contributed by atoms with E-state index in [2.05, 4.69) is 11.0 Å². The SMILES string of the molecule is CC(=O)On1c2ccccc2c2cccc(OCC=C3CN4CCC3CC4)c21.Cl. The minimum absolute atomic E-state index is 0. The maximum Gasteiger partial charge on any atom is 0.329 e. The first-order chi connectivity index (χ1) is 13.7. The Kier molecular flexibility index (Phi) is 5.52. The molecule has 0 amide bonds. The summed E-state index contributed by atoms with van der Waals surface area (Å²) in [5.41, 5.74) is 3.16. The quantitative estimate of drug-likeness (QED) is 0.602. The lowest BCUT2D eigenvalue weighted by molar-refractivity contribution is -0.140. The number of hydrogen-bond donors (Lipinski definition) is 0. The third-order valence-electron chi connectivity index (χ3n) is 5.94. The van der Waals surface area contributed by atoms with Gasteiger partial charge >= 0.3 is 5.97 Å². The fourth-order valence-electron chi connectivity index (χ4n) is 4.61. The lowest BCUT2D eigenvalue weighted by Crippen LogP contribution is -2.43. The van der Waals surface area contributed by atoms with Gasteiger partial charge in [-0.2, -0.15) is 4.73 Å². The molecule has 29 heavy (non-hydrogen) atoms. The van der Waals surface area contributed by atoms with Gasteiger partial charge in [-0.15, -0.1) is 12.4 Å². The number of benzene rings is 2. The molecule has 2 aromatic carbocycles. The van der Waals surface area contributed by atoms with Crippen molar-refractivity contribution in [1.29, 1.82) is 0 Å². The van der Waals surface area contributed by atoms with Crippen LogP contribution in [0, 0.1) is 5.92 Å². The lowest BCUT2D eigenvalue weighted by Gasteiger charge is -2.41. The Balaban J connectivity index is 0.00000205. The highest BCUT2D eigenvalue weighted by molar-refractivity contribution is 6.10. The number of halogens is 1. The van der Waals surface area contributed by atoms with Gasteiger partial charge in [0.15, 0.2) is 0 Å². The average molecular weight is 413 g/mol. The first-order valence-electron chi connectivity index (χ1n) is 9.96. The Bertz CT molecular complexity index is 1080. The largest absolute Gasteiger partial charge is 0.487 e. The Morgan fingerprint density at radius 2 is 1.86 bits per heavy atom. The van der Waals surface area contributed by atoms with Crippen molar-refractivity contribution in [3.05, 3.63) is 54.1 Å². The Labute approximate surface area is 176 Å². The third-order valence-corrected chi connectivity index (χ3v) is 5.94. The van der Waals surface area contributed by atoms with E-state index in [9.17, 15) is 4.79 Å². The predicted molar refractivity (Wildman–Crippen MR) is 117 cm³/mol. The van der Waals surface area contributed by atoms with Crippen LogP contribution in [0.1, 0.15) is 19.8 Å². The highest BCUT2D eigenvalue weighted by Gasteiger charge is 2.29. The normalized spacial score (nSPS) is 22.0.